The van der Waals surface area contributed by atoms with Gasteiger partial charge < -0.3 is 14.6 Å². The van der Waals surface area contributed by atoms with Gasteiger partial charge in [0.05, 0.1) is 18.1 Å². The summed E-state index contributed by atoms with van der Waals surface area (Å²) in [5, 5.41) is 0.644. The minimum atomic E-state index is -0.531. The maximum Gasteiger partial charge on any atom is 0.295 e. The van der Waals surface area contributed by atoms with Gasteiger partial charge in [-0.05, 0) is 26.0 Å². The number of hydrogen-bond acceptors (Lipinski definition) is 3. The van der Waals surface area contributed by atoms with E-state index in [0.717, 1.165) is 5.52 Å². The smallest absolute Gasteiger partial charge is 0.295 e. The van der Waals surface area contributed by atoms with Gasteiger partial charge in [0.2, 0.25) is 0 Å². The number of aromatic nitrogens is 1. The lowest BCUT2D eigenvalue weighted by atomic mass is 10.1. The fourth-order valence-electron chi connectivity index (χ4n) is 2.01. The Hall–Kier alpha value is -2.30. The Morgan fingerprint density at radius 1 is 1.30 bits per heavy atom. The Balaban J connectivity index is 2.48. The third-order valence-corrected chi connectivity index (χ3v) is 3.42. The van der Waals surface area contributed by atoms with Crippen molar-refractivity contribution in [3.8, 4) is 5.75 Å². The van der Waals surface area contributed by atoms with Crippen LogP contribution in [-0.4, -0.2) is 41.8 Å². The molecule has 0 spiro atoms. The largest absolute Gasteiger partial charge is 0.496 e. The molecule has 0 unspecified atom stereocenters. The maximum absolute atomic E-state index is 12.4. The number of likely N-dealkylation sites (N-methyl/N-ethyl adjacent to an activating group) is 1. The van der Waals surface area contributed by atoms with Gasteiger partial charge in [-0.3, -0.25) is 9.59 Å². The molecule has 106 valence electrons. The Bertz CT molecular complexity index is 658. The van der Waals surface area contributed by atoms with E-state index in [1.54, 1.807) is 19.3 Å². The van der Waals surface area contributed by atoms with E-state index in [1.807, 2.05) is 26.0 Å². The molecule has 0 saturated carbocycles. The molecule has 1 N–H and O–H groups in total. The second kappa shape index (κ2) is 5.36. The molecule has 0 fully saturated rings. The number of fused-ring (bicyclic) bond motifs is 1. The van der Waals surface area contributed by atoms with Gasteiger partial charge in [-0.15, -0.1) is 0 Å². The van der Waals surface area contributed by atoms with Gasteiger partial charge in [0, 0.05) is 24.8 Å². The predicted molar refractivity (Wildman–Crippen MR) is 77.1 cm³/mol. The van der Waals surface area contributed by atoms with Crippen molar-refractivity contribution in [3.63, 3.8) is 0 Å². The van der Waals surface area contributed by atoms with Crippen LogP contribution in [0.25, 0.3) is 10.9 Å². The average Bonchev–Trinajstić information content (AvgIpc) is 2.88. The number of carbonyl (C=O) groups excluding carboxylic acids is 2. The summed E-state index contributed by atoms with van der Waals surface area (Å²) in [5.41, 5.74) is 1.11. The van der Waals surface area contributed by atoms with E-state index in [4.69, 9.17) is 4.74 Å². The lowest BCUT2D eigenvalue weighted by Crippen LogP contribution is -2.38. The highest BCUT2D eigenvalue weighted by molar-refractivity contribution is 6.45. The molecule has 0 atom stereocenters. The number of hydrogen-bond donors (Lipinski definition) is 1. The molecule has 1 aromatic carbocycles. The van der Waals surface area contributed by atoms with Gasteiger partial charge in [-0.2, -0.15) is 0 Å². The van der Waals surface area contributed by atoms with Gasteiger partial charge in [-0.25, -0.2) is 0 Å². The number of amides is 1. The molecule has 2 aromatic rings. The van der Waals surface area contributed by atoms with Gasteiger partial charge in [-0.1, -0.05) is 6.07 Å². The van der Waals surface area contributed by atoms with Crippen molar-refractivity contribution in [2.24, 2.45) is 0 Å². The fraction of sp³-hybridized carbons (Fsp3) is 0.333. The molecule has 0 saturated heterocycles. The van der Waals surface area contributed by atoms with Crippen LogP contribution in [0.2, 0.25) is 0 Å². The number of ether oxygens (including phenoxy) is 1. The van der Waals surface area contributed by atoms with E-state index >= 15 is 0 Å². The third-order valence-electron chi connectivity index (χ3n) is 3.42. The normalized spacial score (nSPS) is 10.8. The Morgan fingerprint density at radius 3 is 2.60 bits per heavy atom. The van der Waals surface area contributed by atoms with Crippen molar-refractivity contribution in [2.75, 3.05) is 14.2 Å². The summed E-state index contributed by atoms with van der Waals surface area (Å²) in [6, 6.07) is 5.40. The zero-order valence-corrected chi connectivity index (χ0v) is 12.1. The number of H-pyrrole nitrogens is 1. The number of Topliss-reactive ketones (excluding diaryl/α,β-unsaturated/α-hetero) is 1. The standard InChI is InChI=1S/C15H18N2O3/c1-9(2)17(3)15(19)14(18)10-8-16-11-6-5-7-12(20-4)13(10)11/h5-9,16H,1-4H3. The molecular formula is C15H18N2O3. The molecule has 5 nitrogen and oxygen atoms in total. The minimum Gasteiger partial charge on any atom is -0.496 e. The molecule has 0 aliphatic heterocycles. The molecular weight excluding hydrogens is 256 g/mol. The zero-order valence-electron chi connectivity index (χ0n) is 12.1. The van der Waals surface area contributed by atoms with Crippen LogP contribution in [0.3, 0.4) is 0 Å². The number of carbonyl (C=O) groups is 2. The summed E-state index contributed by atoms with van der Waals surface area (Å²) in [5.74, 6) is -0.476. The van der Waals surface area contributed by atoms with Crippen molar-refractivity contribution in [3.05, 3.63) is 30.0 Å². The lowest BCUT2D eigenvalue weighted by Gasteiger charge is -2.20. The highest BCUT2D eigenvalue weighted by Crippen LogP contribution is 2.29. The van der Waals surface area contributed by atoms with Crippen LogP contribution in [0, 0.1) is 0 Å². The first-order valence-electron chi connectivity index (χ1n) is 6.43. The van der Waals surface area contributed by atoms with E-state index in [-0.39, 0.29) is 6.04 Å². The number of rotatable bonds is 4. The van der Waals surface area contributed by atoms with E-state index < -0.39 is 11.7 Å². The molecule has 20 heavy (non-hydrogen) atoms. The second-order valence-corrected chi connectivity index (χ2v) is 4.92. The monoisotopic (exact) mass is 274 g/mol. The number of ketones is 1. The van der Waals surface area contributed by atoms with E-state index in [9.17, 15) is 9.59 Å². The highest BCUT2D eigenvalue weighted by Gasteiger charge is 2.25. The van der Waals surface area contributed by atoms with Gasteiger partial charge in [0.15, 0.2) is 0 Å². The van der Waals surface area contributed by atoms with Crippen molar-refractivity contribution in [1.82, 2.24) is 9.88 Å². The Kier molecular flexibility index (Phi) is 3.79. The molecule has 0 bridgehead atoms. The van der Waals surface area contributed by atoms with Gasteiger partial charge >= 0.3 is 0 Å². The maximum atomic E-state index is 12.4. The summed E-state index contributed by atoms with van der Waals surface area (Å²) in [4.78, 5) is 28.9. The zero-order chi connectivity index (χ0) is 14.9. The molecule has 0 radical (unpaired) electrons. The lowest BCUT2D eigenvalue weighted by molar-refractivity contribution is -0.126. The number of nitrogens with one attached hydrogen (secondary N) is 1. The van der Waals surface area contributed by atoms with Crippen molar-refractivity contribution in [1.29, 1.82) is 0 Å². The molecule has 1 aromatic heterocycles. The topological polar surface area (TPSA) is 62.4 Å². The number of nitrogens with zero attached hydrogens (tertiary/aromatic N) is 1. The van der Waals surface area contributed by atoms with Crippen LogP contribution in [0.4, 0.5) is 0 Å². The van der Waals surface area contributed by atoms with Crippen LogP contribution >= 0.6 is 0 Å². The van der Waals surface area contributed by atoms with Crippen LogP contribution in [-0.2, 0) is 4.79 Å². The summed E-state index contributed by atoms with van der Waals surface area (Å²) >= 11 is 0. The molecule has 2 rings (SSSR count). The molecule has 0 aliphatic carbocycles. The first-order chi connectivity index (χ1) is 9.47. The number of methoxy groups -OCH3 is 1. The summed E-state index contributed by atoms with van der Waals surface area (Å²) < 4.78 is 5.27. The first-order valence-corrected chi connectivity index (χ1v) is 6.43. The Labute approximate surface area is 117 Å². The first kappa shape index (κ1) is 14.1. The Morgan fingerprint density at radius 2 is 2.00 bits per heavy atom. The van der Waals surface area contributed by atoms with Crippen LogP contribution in [0.15, 0.2) is 24.4 Å². The summed E-state index contributed by atoms with van der Waals surface area (Å²) in [6.45, 7) is 3.72. The summed E-state index contributed by atoms with van der Waals surface area (Å²) in [7, 11) is 3.16. The highest BCUT2D eigenvalue weighted by atomic mass is 16.5. The molecule has 0 aliphatic rings. The molecule has 1 amide bonds. The average molecular weight is 274 g/mol. The molecule has 5 heteroatoms. The van der Waals surface area contributed by atoms with E-state index in [0.29, 0.717) is 16.7 Å². The predicted octanol–water partition coefficient (Wildman–Crippen LogP) is 2.23. The van der Waals surface area contributed by atoms with Crippen LogP contribution < -0.4 is 4.74 Å². The van der Waals surface area contributed by atoms with Gasteiger partial charge in [0.25, 0.3) is 11.7 Å². The minimum absolute atomic E-state index is 0.0291. The van der Waals surface area contributed by atoms with E-state index in [1.165, 1.54) is 12.0 Å². The van der Waals surface area contributed by atoms with Crippen LogP contribution in [0.1, 0.15) is 24.2 Å². The van der Waals surface area contributed by atoms with Gasteiger partial charge in [0.1, 0.15) is 5.75 Å². The van der Waals surface area contributed by atoms with Crippen molar-refractivity contribution >= 4 is 22.6 Å². The fourth-order valence-corrected chi connectivity index (χ4v) is 2.01. The number of benzene rings is 1. The molecule has 1 heterocycles. The quantitative estimate of drug-likeness (QED) is 0.687. The van der Waals surface area contributed by atoms with Crippen molar-refractivity contribution in [2.45, 2.75) is 19.9 Å². The van der Waals surface area contributed by atoms with Crippen LogP contribution in [0.5, 0.6) is 5.75 Å². The number of aromatic amines is 1. The third kappa shape index (κ3) is 2.27. The second-order valence-electron chi connectivity index (χ2n) is 4.92. The summed E-state index contributed by atoms with van der Waals surface area (Å²) in [6.07, 6.45) is 1.56. The van der Waals surface area contributed by atoms with Crippen molar-refractivity contribution < 1.29 is 14.3 Å². The van der Waals surface area contributed by atoms with E-state index in [2.05, 4.69) is 4.98 Å². The SMILES string of the molecule is COc1cccc2[nH]cc(C(=O)C(=O)N(C)C(C)C)c12.